The zero-order valence-corrected chi connectivity index (χ0v) is 12.2. The number of thiophene rings is 1. The number of aryl methyl sites for hydroxylation is 1. The van der Waals surface area contributed by atoms with Crippen molar-refractivity contribution in [3.63, 3.8) is 0 Å². The van der Waals surface area contributed by atoms with Crippen molar-refractivity contribution in [2.75, 3.05) is 0 Å². The quantitative estimate of drug-likeness (QED) is 0.867. The van der Waals surface area contributed by atoms with Gasteiger partial charge in [0.2, 0.25) is 0 Å². The Bertz CT molecular complexity index is 632. The summed E-state index contributed by atoms with van der Waals surface area (Å²) in [7, 11) is 0. The Balaban J connectivity index is 2.21. The zero-order chi connectivity index (χ0) is 15.4. The van der Waals surface area contributed by atoms with Gasteiger partial charge in [0.1, 0.15) is 24.0 Å². The van der Waals surface area contributed by atoms with E-state index in [2.05, 4.69) is 0 Å². The maximum Gasteiger partial charge on any atom is 0.349 e. The second kappa shape index (κ2) is 6.67. The second-order valence-corrected chi connectivity index (χ2v) is 5.59. The lowest BCUT2D eigenvalue weighted by atomic mass is 10.2. The fourth-order valence-corrected chi connectivity index (χ4v) is 2.91. The molecule has 0 saturated heterocycles. The largest absolute Gasteiger partial charge is 0.487 e. The molecule has 0 spiro atoms. The molecule has 0 aliphatic rings. The van der Waals surface area contributed by atoms with E-state index in [1.807, 2.05) is 6.92 Å². The van der Waals surface area contributed by atoms with Crippen LogP contribution < -0.4 is 4.74 Å². The van der Waals surface area contributed by atoms with Crippen molar-refractivity contribution in [1.82, 2.24) is 0 Å². The Morgan fingerprint density at radius 3 is 2.57 bits per heavy atom. The van der Waals surface area contributed by atoms with Crippen LogP contribution in [0, 0.1) is 11.6 Å². The maximum absolute atomic E-state index is 13.5. The van der Waals surface area contributed by atoms with Gasteiger partial charge in [-0.05, 0) is 24.6 Å². The van der Waals surface area contributed by atoms with E-state index in [0.29, 0.717) is 0 Å². The molecule has 0 atom stereocenters. The number of halogens is 2. The van der Waals surface area contributed by atoms with E-state index in [-0.39, 0.29) is 22.8 Å². The SMILES string of the molecule is CCCc1cc(OCc2c(F)cccc2F)c(C(=O)O)s1. The summed E-state index contributed by atoms with van der Waals surface area (Å²) in [4.78, 5) is 12.1. The number of aromatic carboxylic acids is 1. The van der Waals surface area contributed by atoms with Crippen LogP contribution in [0.3, 0.4) is 0 Å². The molecule has 0 aliphatic carbocycles. The third kappa shape index (κ3) is 3.58. The highest BCUT2D eigenvalue weighted by molar-refractivity contribution is 7.14. The maximum atomic E-state index is 13.5. The molecule has 1 N–H and O–H groups in total. The number of hydrogen-bond acceptors (Lipinski definition) is 3. The van der Waals surface area contributed by atoms with E-state index >= 15 is 0 Å². The number of carboxylic acid groups (broad SMARTS) is 1. The van der Waals surface area contributed by atoms with Crippen molar-refractivity contribution in [1.29, 1.82) is 0 Å². The molecule has 0 bridgehead atoms. The third-order valence-corrected chi connectivity index (χ3v) is 4.04. The van der Waals surface area contributed by atoms with Gasteiger partial charge in [-0.15, -0.1) is 11.3 Å². The van der Waals surface area contributed by atoms with Gasteiger partial charge in [0.15, 0.2) is 4.88 Å². The Hall–Kier alpha value is -1.95. The van der Waals surface area contributed by atoms with Gasteiger partial charge in [0.25, 0.3) is 0 Å². The number of rotatable bonds is 6. The molecule has 0 amide bonds. The van der Waals surface area contributed by atoms with E-state index in [1.165, 1.54) is 6.07 Å². The van der Waals surface area contributed by atoms with E-state index in [9.17, 15) is 13.6 Å². The average molecular weight is 312 g/mol. The van der Waals surface area contributed by atoms with Gasteiger partial charge in [-0.1, -0.05) is 19.4 Å². The molecule has 1 heterocycles. The summed E-state index contributed by atoms with van der Waals surface area (Å²) >= 11 is 1.12. The molecule has 2 rings (SSSR count). The van der Waals surface area contributed by atoms with Crippen molar-refractivity contribution in [3.05, 3.63) is 51.2 Å². The molecule has 0 aliphatic heterocycles. The summed E-state index contributed by atoms with van der Waals surface area (Å²) in [5.74, 6) is -2.38. The first-order chi connectivity index (χ1) is 10.0. The highest BCUT2D eigenvalue weighted by Crippen LogP contribution is 2.31. The van der Waals surface area contributed by atoms with Gasteiger partial charge in [-0.2, -0.15) is 0 Å². The fraction of sp³-hybridized carbons (Fsp3) is 0.267. The lowest BCUT2D eigenvalue weighted by Crippen LogP contribution is -2.04. The normalized spacial score (nSPS) is 10.6. The van der Waals surface area contributed by atoms with E-state index in [1.54, 1.807) is 6.07 Å². The molecular formula is C15H14F2O3S. The number of ether oxygens (including phenoxy) is 1. The Labute approximate surface area is 124 Å². The van der Waals surface area contributed by atoms with Gasteiger partial charge in [-0.3, -0.25) is 0 Å². The lowest BCUT2D eigenvalue weighted by molar-refractivity contribution is 0.0697. The standard InChI is InChI=1S/C15H14F2O3S/c1-2-4-9-7-13(14(21-9)15(18)19)20-8-10-11(16)5-3-6-12(10)17/h3,5-7H,2,4,8H2,1H3,(H,18,19). The minimum absolute atomic E-state index is 0.0511. The monoisotopic (exact) mass is 312 g/mol. The zero-order valence-electron chi connectivity index (χ0n) is 11.4. The summed E-state index contributed by atoms with van der Waals surface area (Å²) in [6.07, 6.45) is 1.61. The number of carboxylic acids is 1. The van der Waals surface area contributed by atoms with Gasteiger partial charge in [0.05, 0.1) is 5.56 Å². The first kappa shape index (κ1) is 15.4. The number of carbonyl (C=O) groups is 1. The van der Waals surface area contributed by atoms with E-state index in [4.69, 9.17) is 9.84 Å². The minimum atomic E-state index is -1.11. The summed E-state index contributed by atoms with van der Waals surface area (Å²) in [5, 5.41) is 9.14. The molecule has 0 saturated carbocycles. The van der Waals surface area contributed by atoms with Gasteiger partial charge in [0, 0.05) is 4.88 Å². The van der Waals surface area contributed by atoms with Crippen molar-refractivity contribution in [2.45, 2.75) is 26.4 Å². The summed E-state index contributed by atoms with van der Waals surface area (Å²) in [6, 6.07) is 5.16. The first-order valence-corrected chi connectivity index (χ1v) is 7.26. The van der Waals surface area contributed by atoms with Gasteiger partial charge >= 0.3 is 5.97 Å². The van der Waals surface area contributed by atoms with Crippen LogP contribution in [0.5, 0.6) is 5.75 Å². The van der Waals surface area contributed by atoms with E-state index < -0.39 is 17.6 Å². The molecule has 21 heavy (non-hydrogen) atoms. The number of hydrogen-bond donors (Lipinski definition) is 1. The molecule has 112 valence electrons. The first-order valence-electron chi connectivity index (χ1n) is 6.44. The third-order valence-electron chi connectivity index (χ3n) is 2.87. The molecule has 0 radical (unpaired) electrons. The highest BCUT2D eigenvalue weighted by atomic mass is 32.1. The van der Waals surface area contributed by atoms with Crippen LogP contribution in [0.15, 0.2) is 24.3 Å². The number of benzene rings is 1. The van der Waals surface area contributed by atoms with Crippen LogP contribution in [0.25, 0.3) is 0 Å². The molecule has 0 unspecified atom stereocenters. The second-order valence-electron chi connectivity index (χ2n) is 4.45. The molecule has 0 fully saturated rings. The molecule has 2 aromatic rings. The predicted octanol–water partition coefficient (Wildman–Crippen LogP) is 4.26. The average Bonchev–Trinajstić information content (AvgIpc) is 2.82. The van der Waals surface area contributed by atoms with Gasteiger partial charge in [-0.25, -0.2) is 13.6 Å². The van der Waals surface area contributed by atoms with Crippen molar-refractivity contribution < 1.29 is 23.4 Å². The lowest BCUT2D eigenvalue weighted by Gasteiger charge is -2.07. The Morgan fingerprint density at radius 1 is 1.33 bits per heavy atom. The molecule has 6 heteroatoms. The van der Waals surface area contributed by atoms with Crippen LogP contribution >= 0.6 is 11.3 Å². The molecule has 3 nitrogen and oxygen atoms in total. The van der Waals surface area contributed by atoms with Gasteiger partial charge < -0.3 is 9.84 Å². The van der Waals surface area contributed by atoms with Crippen LogP contribution in [-0.2, 0) is 13.0 Å². The Kier molecular flexibility index (Phi) is 4.90. The minimum Gasteiger partial charge on any atom is -0.487 e. The van der Waals surface area contributed by atoms with Crippen LogP contribution in [0.4, 0.5) is 8.78 Å². The van der Waals surface area contributed by atoms with Crippen molar-refractivity contribution in [2.24, 2.45) is 0 Å². The van der Waals surface area contributed by atoms with Crippen LogP contribution in [0.1, 0.15) is 33.5 Å². The topological polar surface area (TPSA) is 46.5 Å². The summed E-state index contributed by atoms with van der Waals surface area (Å²) in [5.41, 5.74) is -0.211. The molecule has 1 aromatic heterocycles. The Morgan fingerprint density at radius 2 is 2.00 bits per heavy atom. The molecular weight excluding hydrogens is 298 g/mol. The van der Waals surface area contributed by atoms with E-state index in [0.717, 1.165) is 41.2 Å². The predicted molar refractivity (Wildman–Crippen MR) is 76.0 cm³/mol. The molecule has 1 aromatic carbocycles. The highest BCUT2D eigenvalue weighted by Gasteiger charge is 2.18. The fourth-order valence-electron chi connectivity index (χ4n) is 1.87. The smallest absolute Gasteiger partial charge is 0.349 e. The van der Waals surface area contributed by atoms with Crippen LogP contribution in [0.2, 0.25) is 0 Å². The van der Waals surface area contributed by atoms with Crippen molar-refractivity contribution >= 4 is 17.3 Å². The van der Waals surface area contributed by atoms with Crippen LogP contribution in [-0.4, -0.2) is 11.1 Å². The summed E-state index contributed by atoms with van der Waals surface area (Å²) < 4.78 is 32.3. The van der Waals surface area contributed by atoms with Crippen molar-refractivity contribution in [3.8, 4) is 5.75 Å². The summed E-state index contributed by atoms with van der Waals surface area (Å²) in [6.45, 7) is 1.64.